The minimum absolute atomic E-state index is 0.416. The van der Waals surface area contributed by atoms with Gasteiger partial charge in [0.1, 0.15) is 0 Å². The van der Waals surface area contributed by atoms with Crippen LogP contribution in [0.4, 0.5) is 4.79 Å². The lowest BCUT2D eigenvalue weighted by atomic mass is 10.2. The van der Waals surface area contributed by atoms with E-state index in [1.165, 1.54) is 0 Å². The fourth-order valence-corrected chi connectivity index (χ4v) is 1.14. The molecule has 0 aliphatic rings. The molecule has 3 N–H and O–H groups in total. The van der Waals surface area contributed by atoms with Crippen molar-refractivity contribution in [1.29, 1.82) is 0 Å². The molecule has 0 fully saturated rings. The molecule has 5 heteroatoms. The van der Waals surface area contributed by atoms with Gasteiger partial charge < -0.3 is 5.73 Å². The molecule has 0 heterocycles. The predicted octanol–water partition coefficient (Wildman–Crippen LogP) is 1.10. The summed E-state index contributed by atoms with van der Waals surface area (Å²) in [7, 11) is 0. The number of amides is 3. The number of urea groups is 1. The van der Waals surface area contributed by atoms with Crippen molar-refractivity contribution in [2.45, 2.75) is 0 Å². The third-order valence-electron chi connectivity index (χ3n) is 1.34. The Morgan fingerprint density at radius 1 is 1.23 bits per heavy atom. The molecule has 0 aliphatic heterocycles. The summed E-state index contributed by atoms with van der Waals surface area (Å²) >= 11 is 2.12. The highest BCUT2D eigenvalue weighted by molar-refractivity contribution is 14.1. The minimum atomic E-state index is -0.844. The van der Waals surface area contributed by atoms with Crippen LogP contribution >= 0.6 is 22.6 Å². The summed E-state index contributed by atoms with van der Waals surface area (Å²) in [5, 5.41) is 1.98. The van der Waals surface area contributed by atoms with Crippen LogP contribution in [-0.4, -0.2) is 11.9 Å². The second-order valence-corrected chi connectivity index (χ2v) is 3.57. The molecule has 68 valence electrons. The fraction of sp³-hybridized carbons (Fsp3) is 0. The number of nitrogens with one attached hydrogen (secondary N) is 1. The van der Waals surface area contributed by atoms with Gasteiger partial charge in [-0.25, -0.2) is 4.79 Å². The average Bonchev–Trinajstić information content (AvgIpc) is 2.04. The van der Waals surface area contributed by atoms with Crippen LogP contribution < -0.4 is 11.1 Å². The highest BCUT2D eigenvalue weighted by Gasteiger charge is 2.06. The average molecular weight is 290 g/mol. The van der Waals surface area contributed by atoms with E-state index in [4.69, 9.17) is 5.73 Å². The second kappa shape index (κ2) is 4.22. The summed E-state index contributed by atoms with van der Waals surface area (Å²) < 4.78 is 1.02. The van der Waals surface area contributed by atoms with Gasteiger partial charge in [-0.2, -0.15) is 0 Å². The summed E-state index contributed by atoms with van der Waals surface area (Å²) in [5.41, 5.74) is 5.20. The van der Waals surface area contributed by atoms with Crippen LogP contribution in [0.2, 0.25) is 0 Å². The Morgan fingerprint density at radius 2 is 1.77 bits per heavy atom. The van der Waals surface area contributed by atoms with Crippen LogP contribution in [0, 0.1) is 3.57 Å². The zero-order chi connectivity index (χ0) is 9.84. The molecule has 1 aromatic rings. The smallest absolute Gasteiger partial charge is 0.319 e. The Balaban J connectivity index is 2.78. The monoisotopic (exact) mass is 290 g/mol. The van der Waals surface area contributed by atoms with Gasteiger partial charge in [0.25, 0.3) is 5.91 Å². The first-order valence-corrected chi connectivity index (χ1v) is 4.54. The van der Waals surface area contributed by atoms with Gasteiger partial charge in [0.05, 0.1) is 0 Å². The van der Waals surface area contributed by atoms with Gasteiger partial charge in [-0.3, -0.25) is 10.1 Å². The van der Waals surface area contributed by atoms with Crippen LogP contribution in [0.15, 0.2) is 24.3 Å². The van der Waals surface area contributed by atoms with Gasteiger partial charge in [-0.1, -0.05) is 0 Å². The summed E-state index contributed by atoms with van der Waals surface area (Å²) in [6.07, 6.45) is 0. The maximum atomic E-state index is 11.2. The number of primary amides is 1. The standard InChI is InChI=1S/C8H7IN2O2/c9-6-3-1-5(2-4-6)7(12)11-8(10)13/h1-4H,(H3,10,11,12,13). The van der Waals surface area contributed by atoms with Gasteiger partial charge in [0.15, 0.2) is 0 Å². The maximum absolute atomic E-state index is 11.2. The molecule has 0 atom stereocenters. The van der Waals surface area contributed by atoms with E-state index in [0.717, 1.165) is 3.57 Å². The van der Waals surface area contributed by atoms with Crippen LogP contribution in [-0.2, 0) is 0 Å². The van der Waals surface area contributed by atoms with E-state index in [-0.39, 0.29) is 0 Å². The predicted molar refractivity (Wildman–Crippen MR) is 56.2 cm³/mol. The highest BCUT2D eigenvalue weighted by Crippen LogP contribution is 2.06. The molecular weight excluding hydrogens is 283 g/mol. The summed E-state index contributed by atoms with van der Waals surface area (Å²) in [6, 6.07) is 5.95. The van der Waals surface area contributed by atoms with Gasteiger partial charge >= 0.3 is 6.03 Å². The molecule has 0 saturated carbocycles. The molecule has 4 nitrogen and oxygen atoms in total. The number of nitrogens with two attached hydrogens (primary N) is 1. The van der Waals surface area contributed by atoms with E-state index in [1.54, 1.807) is 24.3 Å². The normalized spacial score (nSPS) is 9.31. The molecular formula is C8H7IN2O2. The first-order chi connectivity index (χ1) is 6.09. The molecule has 1 aromatic carbocycles. The molecule has 0 saturated heterocycles. The van der Waals surface area contributed by atoms with Crippen molar-refractivity contribution in [1.82, 2.24) is 5.32 Å². The molecule has 0 radical (unpaired) electrons. The maximum Gasteiger partial charge on any atom is 0.319 e. The van der Waals surface area contributed by atoms with Crippen molar-refractivity contribution in [2.75, 3.05) is 0 Å². The van der Waals surface area contributed by atoms with E-state index in [9.17, 15) is 9.59 Å². The van der Waals surface area contributed by atoms with E-state index in [2.05, 4.69) is 22.6 Å². The van der Waals surface area contributed by atoms with Crippen LogP contribution in [0.1, 0.15) is 10.4 Å². The number of rotatable bonds is 1. The Labute approximate surface area is 88.6 Å². The molecule has 0 bridgehead atoms. The van der Waals surface area contributed by atoms with Crippen molar-refractivity contribution in [3.8, 4) is 0 Å². The third-order valence-corrected chi connectivity index (χ3v) is 2.06. The van der Waals surface area contributed by atoms with Crippen molar-refractivity contribution >= 4 is 34.5 Å². The molecule has 0 aliphatic carbocycles. The van der Waals surface area contributed by atoms with Crippen molar-refractivity contribution in [3.63, 3.8) is 0 Å². The third kappa shape index (κ3) is 3.02. The number of benzene rings is 1. The fourth-order valence-electron chi connectivity index (χ4n) is 0.785. The number of halogens is 1. The van der Waals surface area contributed by atoms with Gasteiger partial charge in [-0.05, 0) is 46.9 Å². The number of hydrogen-bond donors (Lipinski definition) is 2. The molecule has 1 rings (SSSR count). The van der Waals surface area contributed by atoms with Crippen molar-refractivity contribution in [3.05, 3.63) is 33.4 Å². The highest BCUT2D eigenvalue weighted by atomic mass is 127. The number of imide groups is 1. The van der Waals surface area contributed by atoms with Gasteiger partial charge in [-0.15, -0.1) is 0 Å². The molecule has 13 heavy (non-hydrogen) atoms. The minimum Gasteiger partial charge on any atom is -0.351 e. The SMILES string of the molecule is NC(=O)NC(=O)c1ccc(I)cc1. The topological polar surface area (TPSA) is 72.2 Å². The quantitative estimate of drug-likeness (QED) is 0.760. The number of hydrogen-bond acceptors (Lipinski definition) is 2. The molecule has 0 spiro atoms. The number of carbonyl (C=O) groups is 2. The number of carbonyl (C=O) groups excluding carboxylic acids is 2. The second-order valence-electron chi connectivity index (χ2n) is 2.33. The van der Waals surface area contributed by atoms with Crippen molar-refractivity contribution < 1.29 is 9.59 Å². The van der Waals surface area contributed by atoms with E-state index < -0.39 is 11.9 Å². The summed E-state index contributed by atoms with van der Waals surface area (Å²) in [6.45, 7) is 0. The largest absolute Gasteiger partial charge is 0.351 e. The lowest BCUT2D eigenvalue weighted by molar-refractivity contribution is 0.0966. The van der Waals surface area contributed by atoms with E-state index in [0.29, 0.717) is 5.56 Å². The summed E-state index contributed by atoms with van der Waals surface area (Å²) in [5.74, 6) is -0.483. The molecule has 3 amide bonds. The van der Waals surface area contributed by atoms with Crippen LogP contribution in [0.25, 0.3) is 0 Å². The van der Waals surface area contributed by atoms with Gasteiger partial charge in [0, 0.05) is 9.13 Å². The van der Waals surface area contributed by atoms with Gasteiger partial charge in [0.2, 0.25) is 0 Å². The first kappa shape index (κ1) is 9.97. The lowest BCUT2D eigenvalue weighted by Gasteiger charge is -1.99. The zero-order valence-corrected chi connectivity index (χ0v) is 8.74. The lowest BCUT2D eigenvalue weighted by Crippen LogP contribution is -2.34. The Morgan fingerprint density at radius 3 is 2.23 bits per heavy atom. The Bertz CT molecular complexity index is 335. The van der Waals surface area contributed by atoms with Crippen LogP contribution in [0.3, 0.4) is 0 Å². The van der Waals surface area contributed by atoms with E-state index in [1.807, 2.05) is 5.32 Å². The molecule has 0 unspecified atom stereocenters. The van der Waals surface area contributed by atoms with Crippen molar-refractivity contribution in [2.24, 2.45) is 5.73 Å². The van der Waals surface area contributed by atoms with E-state index >= 15 is 0 Å². The summed E-state index contributed by atoms with van der Waals surface area (Å²) in [4.78, 5) is 21.5. The Kier molecular flexibility index (Phi) is 3.24. The zero-order valence-electron chi connectivity index (χ0n) is 6.58. The Hall–Kier alpha value is -1.11. The molecule has 0 aromatic heterocycles. The van der Waals surface area contributed by atoms with Crippen LogP contribution in [0.5, 0.6) is 0 Å². The first-order valence-electron chi connectivity index (χ1n) is 3.46.